The van der Waals surface area contributed by atoms with Gasteiger partial charge in [0.2, 0.25) is 0 Å². The highest BCUT2D eigenvalue weighted by atomic mass is 14.7. The molecule has 0 radical (unpaired) electrons. The number of pyridine rings is 1. The summed E-state index contributed by atoms with van der Waals surface area (Å²) < 4.78 is 0. The summed E-state index contributed by atoms with van der Waals surface area (Å²) >= 11 is 0. The molecule has 0 aromatic carbocycles. The summed E-state index contributed by atoms with van der Waals surface area (Å²) in [5.41, 5.74) is 8.91. The lowest BCUT2D eigenvalue weighted by Crippen LogP contribution is -2.02. The van der Waals surface area contributed by atoms with Crippen LogP contribution in [0, 0.1) is 12.8 Å². The van der Waals surface area contributed by atoms with Gasteiger partial charge in [-0.05, 0) is 75.7 Å². The van der Waals surface area contributed by atoms with Crippen LogP contribution in [0.25, 0.3) is 11.1 Å². The molecule has 114 valence electrons. The van der Waals surface area contributed by atoms with Gasteiger partial charge in [0.25, 0.3) is 0 Å². The van der Waals surface area contributed by atoms with Crippen LogP contribution in [0.5, 0.6) is 0 Å². The Balaban J connectivity index is 2.32. The molecule has 1 aliphatic carbocycles. The molecule has 0 saturated heterocycles. The van der Waals surface area contributed by atoms with E-state index in [0.717, 1.165) is 30.1 Å². The van der Waals surface area contributed by atoms with E-state index in [1.807, 2.05) is 0 Å². The predicted octanol–water partition coefficient (Wildman–Crippen LogP) is 5.97. The van der Waals surface area contributed by atoms with Crippen molar-refractivity contribution >= 4 is 11.1 Å². The van der Waals surface area contributed by atoms with Crippen molar-refractivity contribution in [2.75, 3.05) is 0 Å². The Labute approximate surface area is 130 Å². The largest absolute Gasteiger partial charge is 0.253 e. The Hall–Kier alpha value is -1.37. The lowest BCUT2D eigenvalue weighted by molar-refractivity contribution is 0.749. The number of allylic oxidation sites excluding steroid dienone is 3. The van der Waals surface area contributed by atoms with Crippen molar-refractivity contribution in [3.63, 3.8) is 0 Å². The van der Waals surface area contributed by atoms with Crippen LogP contribution < -0.4 is 0 Å². The summed E-state index contributed by atoms with van der Waals surface area (Å²) in [6.07, 6.45) is 6.31. The van der Waals surface area contributed by atoms with Crippen LogP contribution in [-0.2, 0) is 6.42 Å². The Bertz CT molecular complexity index is 570. The monoisotopic (exact) mass is 283 g/mol. The fourth-order valence-corrected chi connectivity index (χ4v) is 2.86. The van der Waals surface area contributed by atoms with Crippen LogP contribution >= 0.6 is 0 Å². The molecule has 0 spiro atoms. The van der Waals surface area contributed by atoms with E-state index >= 15 is 0 Å². The highest BCUT2D eigenvalue weighted by Gasteiger charge is 2.22. The topological polar surface area (TPSA) is 12.9 Å². The van der Waals surface area contributed by atoms with Gasteiger partial charge < -0.3 is 0 Å². The molecule has 21 heavy (non-hydrogen) atoms. The molecular weight excluding hydrogens is 254 g/mol. The van der Waals surface area contributed by atoms with E-state index in [2.05, 4.69) is 47.3 Å². The first-order valence-electron chi connectivity index (χ1n) is 8.27. The fourth-order valence-electron chi connectivity index (χ4n) is 2.86. The smallest absolute Gasteiger partial charge is 0.0664 e. The minimum Gasteiger partial charge on any atom is -0.253 e. The van der Waals surface area contributed by atoms with E-state index in [9.17, 15) is 0 Å². The molecule has 2 rings (SSSR count). The third-order valence-electron chi connectivity index (χ3n) is 4.70. The maximum Gasteiger partial charge on any atom is 0.0664 e. The quantitative estimate of drug-likeness (QED) is 0.627. The lowest BCUT2D eigenvalue weighted by atomic mass is 9.92. The Kier molecular flexibility index (Phi) is 5.03. The van der Waals surface area contributed by atoms with E-state index in [4.69, 9.17) is 4.98 Å². The van der Waals surface area contributed by atoms with E-state index in [1.54, 1.807) is 0 Å². The van der Waals surface area contributed by atoms with E-state index in [0.29, 0.717) is 0 Å². The average Bonchev–Trinajstić information content (AvgIpc) is 3.26. The standard InChI is InChI=1S/C20H29N/c1-7-18-12-19(15(5)13(2)3)21-16(6)20(18)14(4)8-9-17-10-11-17/h12,17H,4,7-11H2,1-3,5-6H3. The zero-order valence-corrected chi connectivity index (χ0v) is 14.3. The molecule has 0 amide bonds. The van der Waals surface area contributed by atoms with Crippen molar-refractivity contribution in [3.05, 3.63) is 40.7 Å². The molecule has 1 heteroatoms. The van der Waals surface area contributed by atoms with Crippen molar-refractivity contribution in [1.82, 2.24) is 4.98 Å². The molecule has 0 bridgehead atoms. The van der Waals surface area contributed by atoms with Gasteiger partial charge in [-0.1, -0.05) is 31.9 Å². The molecule has 0 aliphatic heterocycles. The van der Waals surface area contributed by atoms with Gasteiger partial charge in [0.15, 0.2) is 0 Å². The predicted molar refractivity (Wildman–Crippen MR) is 93.3 cm³/mol. The van der Waals surface area contributed by atoms with Crippen molar-refractivity contribution in [3.8, 4) is 0 Å². The first kappa shape index (κ1) is 16.0. The highest BCUT2D eigenvalue weighted by Crippen LogP contribution is 2.37. The Morgan fingerprint density at radius 2 is 1.95 bits per heavy atom. The van der Waals surface area contributed by atoms with E-state index in [1.165, 1.54) is 47.1 Å². The lowest BCUT2D eigenvalue weighted by Gasteiger charge is -2.16. The molecule has 1 fully saturated rings. The minimum absolute atomic E-state index is 0.965. The number of aryl methyl sites for hydroxylation is 2. The van der Waals surface area contributed by atoms with Gasteiger partial charge in [-0.15, -0.1) is 0 Å². The first-order chi connectivity index (χ1) is 9.93. The van der Waals surface area contributed by atoms with Gasteiger partial charge in [0.1, 0.15) is 0 Å². The normalized spacial score (nSPS) is 14.1. The summed E-state index contributed by atoms with van der Waals surface area (Å²) in [5, 5.41) is 0. The van der Waals surface area contributed by atoms with Crippen LogP contribution in [-0.4, -0.2) is 4.98 Å². The molecule has 1 aliphatic rings. The summed E-state index contributed by atoms with van der Waals surface area (Å²) in [5.74, 6) is 0.965. The Morgan fingerprint density at radius 1 is 1.29 bits per heavy atom. The molecule has 1 nitrogen and oxygen atoms in total. The third kappa shape index (κ3) is 3.84. The molecular formula is C20H29N. The van der Waals surface area contributed by atoms with Gasteiger partial charge in [-0.25, -0.2) is 0 Å². The summed E-state index contributed by atoms with van der Waals surface area (Å²) in [6.45, 7) is 15.2. The fraction of sp³-hybridized carbons (Fsp3) is 0.550. The first-order valence-corrected chi connectivity index (χ1v) is 8.27. The number of aromatic nitrogens is 1. The zero-order chi connectivity index (χ0) is 15.6. The molecule has 0 atom stereocenters. The number of rotatable bonds is 6. The van der Waals surface area contributed by atoms with Crippen molar-refractivity contribution in [2.24, 2.45) is 5.92 Å². The van der Waals surface area contributed by atoms with Gasteiger partial charge in [-0.2, -0.15) is 0 Å². The Morgan fingerprint density at radius 3 is 2.48 bits per heavy atom. The highest BCUT2D eigenvalue weighted by molar-refractivity contribution is 5.72. The van der Waals surface area contributed by atoms with Crippen LogP contribution in [0.3, 0.4) is 0 Å². The van der Waals surface area contributed by atoms with Crippen LogP contribution in [0.4, 0.5) is 0 Å². The van der Waals surface area contributed by atoms with Gasteiger partial charge in [0.05, 0.1) is 5.69 Å². The molecule has 0 N–H and O–H groups in total. The van der Waals surface area contributed by atoms with Crippen LogP contribution in [0.15, 0.2) is 18.2 Å². The second-order valence-corrected chi connectivity index (χ2v) is 6.69. The van der Waals surface area contributed by atoms with E-state index < -0.39 is 0 Å². The van der Waals surface area contributed by atoms with Crippen molar-refractivity contribution in [2.45, 2.75) is 66.7 Å². The maximum absolute atomic E-state index is 4.85. The molecule has 0 unspecified atom stereocenters. The third-order valence-corrected chi connectivity index (χ3v) is 4.70. The average molecular weight is 283 g/mol. The summed E-state index contributed by atoms with van der Waals surface area (Å²) in [4.78, 5) is 4.85. The maximum atomic E-state index is 4.85. The number of hydrogen-bond acceptors (Lipinski definition) is 1. The second kappa shape index (κ2) is 6.60. The van der Waals surface area contributed by atoms with Crippen LogP contribution in [0.2, 0.25) is 0 Å². The van der Waals surface area contributed by atoms with Crippen molar-refractivity contribution < 1.29 is 0 Å². The van der Waals surface area contributed by atoms with Gasteiger partial charge in [-0.3, -0.25) is 4.98 Å². The van der Waals surface area contributed by atoms with Crippen LogP contribution in [0.1, 0.15) is 75.9 Å². The molecule has 1 heterocycles. The summed E-state index contributed by atoms with van der Waals surface area (Å²) in [7, 11) is 0. The van der Waals surface area contributed by atoms with Gasteiger partial charge in [0, 0.05) is 11.3 Å². The molecule has 1 aromatic heterocycles. The summed E-state index contributed by atoms with van der Waals surface area (Å²) in [6, 6.07) is 2.27. The number of hydrogen-bond donors (Lipinski definition) is 0. The molecule has 1 aromatic rings. The SMILES string of the molecule is C=C(CCC1CC1)c1c(CC)cc(C(C)=C(C)C)nc1C. The number of nitrogens with zero attached hydrogens (tertiary/aromatic N) is 1. The van der Waals surface area contributed by atoms with Crippen molar-refractivity contribution in [1.29, 1.82) is 0 Å². The van der Waals surface area contributed by atoms with E-state index in [-0.39, 0.29) is 0 Å². The minimum atomic E-state index is 0.965. The zero-order valence-electron chi connectivity index (χ0n) is 14.3. The van der Waals surface area contributed by atoms with Gasteiger partial charge >= 0.3 is 0 Å². The second-order valence-electron chi connectivity index (χ2n) is 6.69. The molecule has 1 saturated carbocycles.